The summed E-state index contributed by atoms with van der Waals surface area (Å²) in [7, 11) is -5.40. The van der Waals surface area contributed by atoms with Gasteiger partial charge < -0.3 is 5.32 Å². The molecule has 118 valence electrons. The van der Waals surface area contributed by atoms with Crippen LogP contribution in [0.5, 0.6) is 0 Å². The number of hydrogen-bond acceptors (Lipinski definition) is 6. The Hall–Kier alpha value is -1.23. The molecule has 1 aromatic rings. The zero-order valence-electron chi connectivity index (χ0n) is 11.9. The van der Waals surface area contributed by atoms with Crippen LogP contribution in [0, 0.1) is 0 Å². The summed E-state index contributed by atoms with van der Waals surface area (Å²) in [5, 5.41) is 2.76. The van der Waals surface area contributed by atoms with Gasteiger partial charge in [-0.25, -0.2) is 21.8 Å². The molecule has 1 fully saturated rings. The zero-order chi connectivity index (χ0) is 15.7. The highest BCUT2D eigenvalue weighted by Crippen LogP contribution is 2.22. The summed E-state index contributed by atoms with van der Waals surface area (Å²) in [5.74, 6) is 0. The smallest absolute Gasteiger partial charge is 0.262 e. The van der Waals surface area contributed by atoms with Crippen molar-refractivity contribution in [1.29, 1.82) is 0 Å². The molecule has 0 unspecified atom stereocenters. The Balaban J connectivity index is 2.23. The van der Waals surface area contributed by atoms with Gasteiger partial charge in [-0.2, -0.15) is 8.61 Å². The first-order valence-electron chi connectivity index (χ1n) is 6.35. The summed E-state index contributed by atoms with van der Waals surface area (Å²) in [5.41, 5.74) is 0.419. The van der Waals surface area contributed by atoms with Crippen LogP contribution in [0.1, 0.15) is 0 Å². The van der Waals surface area contributed by atoms with E-state index in [2.05, 4.69) is 10.3 Å². The molecule has 0 spiro atoms. The Kier molecular flexibility index (Phi) is 4.51. The molecule has 1 aliphatic heterocycles. The van der Waals surface area contributed by atoms with Crippen molar-refractivity contribution < 1.29 is 16.8 Å². The number of sulfonamides is 2. The van der Waals surface area contributed by atoms with E-state index in [9.17, 15) is 16.8 Å². The summed E-state index contributed by atoms with van der Waals surface area (Å²) in [4.78, 5) is 3.94. The van der Waals surface area contributed by atoms with Crippen molar-refractivity contribution in [2.75, 3.05) is 44.8 Å². The van der Waals surface area contributed by atoms with Crippen molar-refractivity contribution in [3.05, 3.63) is 18.3 Å². The SMILES string of the molecule is CNc1cccnc1S(=O)(=O)N1CCN(S(C)(=O)=O)CC1. The van der Waals surface area contributed by atoms with Crippen molar-refractivity contribution in [1.82, 2.24) is 13.6 Å². The number of pyridine rings is 1. The van der Waals surface area contributed by atoms with Gasteiger partial charge in [-0.1, -0.05) is 0 Å². The molecule has 8 nitrogen and oxygen atoms in total. The highest BCUT2D eigenvalue weighted by Gasteiger charge is 2.33. The molecular weight excluding hydrogens is 316 g/mol. The third-order valence-electron chi connectivity index (χ3n) is 3.29. The van der Waals surface area contributed by atoms with Gasteiger partial charge in [0.15, 0.2) is 5.03 Å². The van der Waals surface area contributed by atoms with Gasteiger partial charge in [0.1, 0.15) is 0 Å². The van der Waals surface area contributed by atoms with Gasteiger partial charge in [0, 0.05) is 39.4 Å². The standard InChI is InChI=1S/C11H18N4O4S2/c1-12-10-4-3-5-13-11(10)21(18,19)15-8-6-14(7-9-15)20(2,16)17/h3-5,12H,6-9H2,1-2H3. The number of rotatable bonds is 4. The van der Waals surface area contributed by atoms with Crippen molar-refractivity contribution >= 4 is 25.7 Å². The summed E-state index contributed by atoms with van der Waals surface area (Å²) in [6, 6.07) is 3.28. The van der Waals surface area contributed by atoms with Gasteiger partial charge in [0.2, 0.25) is 10.0 Å². The average Bonchev–Trinajstić information content (AvgIpc) is 2.46. The van der Waals surface area contributed by atoms with E-state index in [0.29, 0.717) is 5.69 Å². The fourth-order valence-corrected chi connectivity index (χ4v) is 4.51. The van der Waals surface area contributed by atoms with Crippen LogP contribution in [-0.4, -0.2) is 69.9 Å². The first-order valence-corrected chi connectivity index (χ1v) is 9.63. The predicted octanol–water partition coefficient (Wildman–Crippen LogP) is -0.611. The van der Waals surface area contributed by atoms with E-state index >= 15 is 0 Å². The Labute approximate surface area is 124 Å². The maximum absolute atomic E-state index is 12.6. The fraction of sp³-hybridized carbons (Fsp3) is 0.545. The van der Waals surface area contributed by atoms with E-state index < -0.39 is 20.0 Å². The zero-order valence-corrected chi connectivity index (χ0v) is 13.5. The molecule has 2 rings (SSSR count). The van der Waals surface area contributed by atoms with Crippen LogP contribution in [0.2, 0.25) is 0 Å². The number of anilines is 1. The minimum Gasteiger partial charge on any atom is -0.386 e. The molecular formula is C11H18N4O4S2. The lowest BCUT2D eigenvalue weighted by atomic mass is 10.4. The fourth-order valence-electron chi connectivity index (χ4n) is 2.15. The Morgan fingerprint density at radius 1 is 1.10 bits per heavy atom. The van der Waals surface area contributed by atoms with Crippen LogP contribution < -0.4 is 5.32 Å². The molecule has 0 radical (unpaired) electrons. The topological polar surface area (TPSA) is 99.7 Å². The van der Waals surface area contributed by atoms with Crippen LogP contribution in [-0.2, 0) is 20.0 Å². The lowest BCUT2D eigenvalue weighted by Crippen LogP contribution is -2.50. The third kappa shape index (κ3) is 3.34. The highest BCUT2D eigenvalue weighted by atomic mass is 32.2. The number of hydrogen-bond donors (Lipinski definition) is 1. The van der Waals surface area contributed by atoms with Crippen LogP contribution in [0.15, 0.2) is 23.4 Å². The summed E-state index contributed by atoms with van der Waals surface area (Å²) >= 11 is 0. The summed E-state index contributed by atoms with van der Waals surface area (Å²) in [6.07, 6.45) is 2.54. The molecule has 21 heavy (non-hydrogen) atoms. The molecule has 0 aromatic carbocycles. The van der Waals surface area contributed by atoms with Gasteiger partial charge in [-0.05, 0) is 12.1 Å². The van der Waals surface area contributed by atoms with E-state index in [-0.39, 0.29) is 31.2 Å². The Bertz CT molecular complexity index is 709. The normalized spacial score (nSPS) is 18.6. The van der Waals surface area contributed by atoms with E-state index in [0.717, 1.165) is 6.26 Å². The number of piperazine rings is 1. The van der Waals surface area contributed by atoms with Crippen LogP contribution in [0.25, 0.3) is 0 Å². The van der Waals surface area contributed by atoms with Gasteiger partial charge in [-0.15, -0.1) is 0 Å². The maximum Gasteiger partial charge on any atom is 0.262 e. The lowest BCUT2D eigenvalue weighted by Gasteiger charge is -2.32. The number of aromatic nitrogens is 1. The molecule has 0 amide bonds. The molecule has 2 heterocycles. The van der Waals surface area contributed by atoms with Crippen LogP contribution >= 0.6 is 0 Å². The lowest BCUT2D eigenvalue weighted by molar-refractivity contribution is 0.273. The number of nitrogens with one attached hydrogen (secondary N) is 1. The molecule has 10 heteroatoms. The molecule has 1 aliphatic rings. The Morgan fingerprint density at radius 3 is 2.19 bits per heavy atom. The van der Waals surface area contributed by atoms with Crippen molar-refractivity contribution in [2.45, 2.75) is 5.03 Å². The van der Waals surface area contributed by atoms with Crippen LogP contribution in [0.3, 0.4) is 0 Å². The summed E-state index contributed by atoms with van der Waals surface area (Å²) < 4.78 is 50.6. The minimum absolute atomic E-state index is 0.0414. The first kappa shape index (κ1) is 16.1. The second-order valence-corrected chi connectivity index (χ2v) is 8.51. The molecule has 0 bridgehead atoms. The van der Waals surface area contributed by atoms with Gasteiger partial charge in [0.25, 0.3) is 10.0 Å². The highest BCUT2D eigenvalue weighted by molar-refractivity contribution is 7.89. The van der Waals surface area contributed by atoms with Gasteiger partial charge >= 0.3 is 0 Å². The first-order chi connectivity index (χ1) is 9.76. The number of nitrogens with zero attached hydrogens (tertiary/aromatic N) is 3. The van der Waals surface area contributed by atoms with E-state index in [1.807, 2.05) is 0 Å². The second kappa shape index (κ2) is 5.87. The average molecular weight is 334 g/mol. The second-order valence-electron chi connectivity index (χ2n) is 4.67. The predicted molar refractivity (Wildman–Crippen MR) is 79.0 cm³/mol. The van der Waals surface area contributed by atoms with E-state index in [1.54, 1.807) is 19.2 Å². The van der Waals surface area contributed by atoms with Crippen molar-refractivity contribution in [3.63, 3.8) is 0 Å². The van der Waals surface area contributed by atoms with Crippen molar-refractivity contribution in [2.24, 2.45) is 0 Å². The monoisotopic (exact) mass is 334 g/mol. The van der Waals surface area contributed by atoms with Crippen LogP contribution in [0.4, 0.5) is 5.69 Å². The third-order valence-corrected chi connectivity index (χ3v) is 6.45. The van der Waals surface area contributed by atoms with E-state index in [4.69, 9.17) is 0 Å². The van der Waals surface area contributed by atoms with Gasteiger partial charge in [0.05, 0.1) is 11.9 Å². The quantitative estimate of drug-likeness (QED) is 0.788. The molecule has 1 saturated heterocycles. The summed E-state index contributed by atoms with van der Waals surface area (Å²) in [6.45, 7) is 0.545. The largest absolute Gasteiger partial charge is 0.386 e. The molecule has 0 aliphatic carbocycles. The van der Waals surface area contributed by atoms with E-state index in [1.165, 1.54) is 14.8 Å². The Morgan fingerprint density at radius 2 is 1.67 bits per heavy atom. The molecule has 0 saturated carbocycles. The van der Waals surface area contributed by atoms with Gasteiger partial charge in [-0.3, -0.25) is 0 Å². The molecule has 0 atom stereocenters. The molecule has 1 aromatic heterocycles. The molecule has 1 N–H and O–H groups in total. The van der Waals surface area contributed by atoms with Crippen molar-refractivity contribution in [3.8, 4) is 0 Å². The maximum atomic E-state index is 12.6. The minimum atomic E-state index is -3.74.